The van der Waals surface area contributed by atoms with E-state index in [4.69, 9.17) is 0 Å². The van der Waals surface area contributed by atoms with Gasteiger partial charge in [0.05, 0.1) is 0 Å². The molecule has 1 aromatic rings. The Morgan fingerprint density at radius 2 is 1.85 bits per heavy atom. The van der Waals surface area contributed by atoms with Crippen molar-refractivity contribution < 1.29 is 0 Å². The molecule has 112 valence electrons. The van der Waals surface area contributed by atoms with E-state index < -0.39 is 0 Å². The van der Waals surface area contributed by atoms with Crippen molar-refractivity contribution in [3.8, 4) is 0 Å². The van der Waals surface area contributed by atoms with Gasteiger partial charge in [-0.3, -0.25) is 0 Å². The van der Waals surface area contributed by atoms with Crippen molar-refractivity contribution in [2.75, 3.05) is 5.32 Å². The van der Waals surface area contributed by atoms with Crippen LogP contribution in [-0.2, 0) is 0 Å². The molecule has 20 heavy (non-hydrogen) atoms. The fraction of sp³-hybridized carbons (Fsp3) is 0.667. The predicted octanol–water partition coefficient (Wildman–Crippen LogP) is 6.01. The van der Waals surface area contributed by atoms with Crippen molar-refractivity contribution in [3.63, 3.8) is 0 Å². The predicted molar refractivity (Wildman–Crippen MR) is 97.3 cm³/mol. The SMILES string of the molecule is Cc1cc(I)ccc1NC1CCCC(C(C)(C)C)CC1. The number of rotatable bonds is 2. The molecule has 0 bridgehead atoms. The Bertz CT molecular complexity index is 447. The van der Waals surface area contributed by atoms with E-state index >= 15 is 0 Å². The van der Waals surface area contributed by atoms with Gasteiger partial charge in [-0.2, -0.15) is 0 Å². The molecule has 0 spiro atoms. The third-order valence-corrected chi connectivity index (χ3v) is 5.41. The van der Waals surface area contributed by atoms with Crippen LogP contribution in [0.1, 0.15) is 58.4 Å². The highest BCUT2D eigenvalue weighted by atomic mass is 127. The summed E-state index contributed by atoms with van der Waals surface area (Å²) in [6, 6.07) is 7.35. The van der Waals surface area contributed by atoms with Crippen LogP contribution in [0, 0.1) is 21.8 Å². The molecule has 1 aliphatic rings. The number of benzene rings is 1. The number of halogens is 1. The van der Waals surface area contributed by atoms with Crippen molar-refractivity contribution >= 4 is 28.3 Å². The third kappa shape index (κ3) is 4.37. The van der Waals surface area contributed by atoms with Gasteiger partial charge in [0.15, 0.2) is 0 Å². The quantitative estimate of drug-likeness (QED) is 0.486. The molecular formula is C18H28IN. The van der Waals surface area contributed by atoms with Crippen molar-refractivity contribution in [1.82, 2.24) is 0 Å². The zero-order chi connectivity index (χ0) is 14.8. The third-order valence-electron chi connectivity index (χ3n) is 4.74. The van der Waals surface area contributed by atoms with E-state index in [1.807, 2.05) is 0 Å². The lowest BCUT2D eigenvalue weighted by molar-refractivity contribution is 0.214. The molecule has 0 heterocycles. The van der Waals surface area contributed by atoms with Gasteiger partial charge in [-0.05, 0) is 90.3 Å². The second-order valence-electron chi connectivity index (χ2n) is 7.37. The van der Waals surface area contributed by atoms with Gasteiger partial charge < -0.3 is 5.32 Å². The van der Waals surface area contributed by atoms with Crippen LogP contribution in [0.2, 0.25) is 0 Å². The van der Waals surface area contributed by atoms with Crippen molar-refractivity contribution in [2.45, 2.75) is 65.8 Å². The monoisotopic (exact) mass is 385 g/mol. The smallest absolute Gasteiger partial charge is 0.0372 e. The van der Waals surface area contributed by atoms with Gasteiger partial charge in [0.2, 0.25) is 0 Å². The van der Waals surface area contributed by atoms with Crippen LogP contribution in [0.15, 0.2) is 18.2 Å². The van der Waals surface area contributed by atoms with E-state index in [0.717, 1.165) is 5.92 Å². The molecular weight excluding hydrogens is 357 g/mol. The Labute approximate surface area is 138 Å². The summed E-state index contributed by atoms with van der Waals surface area (Å²) < 4.78 is 1.32. The van der Waals surface area contributed by atoms with Crippen molar-refractivity contribution in [3.05, 3.63) is 27.3 Å². The standard InChI is InChI=1S/C18H28IN/c1-13-12-15(19)9-11-17(13)20-16-7-5-6-14(8-10-16)18(2,3)4/h9,11-12,14,16,20H,5-8,10H2,1-4H3. The Morgan fingerprint density at radius 3 is 2.50 bits per heavy atom. The zero-order valence-corrected chi connectivity index (χ0v) is 15.5. The van der Waals surface area contributed by atoms with Gasteiger partial charge in [0.1, 0.15) is 0 Å². The zero-order valence-electron chi connectivity index (χ0n) is 13.3. The Hall–Kier alpha value is -0.250. The second kappa shape index (κ2) is 6.67. The highest BCUT2D eigenvalue weighted by Gasteiger charge is 2.27. The number of aryl methyl sites for hydroxylation is 1. The molecule has 1 saturated carbocycles. The van der Waals surface area contributed by atoms with E-state index in [0.29, 0.717) is 11.5 Å². The lowest BCUT2D eigenvalue weighted by Gasteiger charge is -2.29. The van der Waals surface area contributed by atoms with Gasteiger partial charge in [-0.15, -0.1) is 0 Å². The van der Waals surface area contributed by atoms with E-state index in [1.165, 1.54) is 46.9 Å². The largest absolute Gasteiger partial charge is 0.382 e. The van der Waals surface area contributed by atoms with Crippen LogP contribution in [0.3, 0.4) is 0 Å². The summed E-state index contributed by atoms with van der Waals surface area (Å²) in [7, 11) is 0. The summed E-state index contributed by atoms with van der Waals surface area (Å²) in [5.41, 5.74) is 3.16. The average molecular weight is 385 g/mol. The summed E-state index contributed by atoms with van der Waals surface area (Å²) in [6.07, 6.45) is 6.76. The minimum absolute atomic E-state index is 0.466. The van der Waals surface area contributed by atoms with Gasteiger partial charge in [0, 0.05) is 15.3 Å². The Kier molecular flexibility index (Phi) is 5.38. The first-order chi connectivity index (χ1) is 9.36. The molecule has 0 aliphatic heterocycles. The van der Waals surface area contributed by atoms with Crippen LogP contribution in [0.4, 0.5) is 5.69 Å². The topological polar surface area (TPSA) is 12.0 Å². The lowest BCUT2D eigenvalue weighted by atomic mass is 9.76. The van der Waals surface area contributed by atoms with Crippen molar-refractivity contribution in [2.24, 2.45) is 11.3 Å². The summed E-state index contributed by atoms with van der Waals surface area (Å²) >= 11 is 2.38. The molecule has 2 unspecified atom stereocenters. The number of anilines is 1. The van der Waals surface area contributed by atoms with E-state index in [2.05, 4.69) is 73.8 Å². The summed E-state index contributed by atoms with van der Waals surface area (Å²) in [6.45, 7) is 9.40. The van der Waals surface area contributed by atoms with E-state index in [9.17, 15) is 0 Å². The molecule has 0 radical (unpaired) electrons. The van der Waals surface area contributed by atoms with Gasteiger partial charge in [-0.25, -0.2) is 0 Å². The van der Waals surface area contributed by atoms with Crippen LogP contribution < -0.4 is 5.32 Å². The first-order valence-electron chi connectivity index (χ1n) is 7.89. The Balaban J connectivity index is 1.97. The lowest BCUT2D eigenvalue weighted by Crippen LogP contribution is -2.22. The number of hydrogen-bond donors (Lipinski definition) is 1. The van der Waals surface area contributed by atoms with Crippen LogP contribution in [0.25, 0.3) is 0 Å². The first kappa shape index (κ1) is 16.1. The maximum atomic E-state index is 3.79. The van der Waals surface area contributed by atoms with Crippen molar-refractivity contribution in [1.29, 1.82) is 0 Å². The molecule has 1 fully saturated rings. The number of hydrogen-bond acceptors (Lipinski definition) is 1. The molecule has 2 rings (SSSR count). The molecule has 0 amide bonds. The molecule has 1 nitrogen and oxygen atoms in total. The van der Waals surface area contributed by atoms with Gasteiger partial charge in [0.25, 0.3) is 0 Å². The number of nitrogens with one attached hydrogen (secondary N) is 1. The fourth-order valence-electron chi connectivity index (χ4n) is 3.32. The van der Waals surface area contributed by atoms with Gasteiger partial charge >= 0.3 is 0 Å². The maximum Gasteiger partial charge on any atom is 0.0372 e. The van der Waals surface area contributed by atoms with E-state index in [1.54, 1.807) is 0 Å². The highest BCUT2D eigenvalue weighted by molar-refractivity contribution is 14.1. The average Bonchev–Trinajstić information content (AvgIpc) is 2.58. The van der Waals surface area contributed by atoms with Gasteiger partial charge in [-0.1, -0.05) is 27.2 Å². The molecule has 2 atom stereocenters. The van der Waals surface area contributed by atoms with E-state index in [-0.39, 0.29) is 0 Å². The fourth-order valence-corrected chi connectivity index (χ4v) is 3.97. The molecule has 0 aromatic heterocycles. The first-order valence-corrected chi connectivity index (χ1v) is 8.97. The highest BCUT2D eigenvalue weighted by Crippen LogP contribution is 2.37. The summed E-state index contributed by atoms with van der Waals surface area (Å²) in [4.78, 5) is 0. The molecule has 0 saturated heterocycles. The van der Waals surface area contributed by atoms with Crippen LogP contribution in [0.5, 0.6) is 0 Å². The minimum Gasteiger partial charge on any atom is -0.382 e. The normalized spacial score (nSPS) is 24.2. The molecule has 1 aromatic carbocycles. The van der Waals surface area contributed by atoms with Crippen LogP contribution >= 0.6 is 22.6 Å². The molecule has 1 N–H and O–H groups in total. The Morgan fingerprint density at radius 1 is 1.10 bits per heavy atom. The molecule has 2 heteroatoms. The summed E-state index contributed by atoms with van der Waals surface area (Å²) in [5, 5.41) is 3.79. The maximum absolute atomic E-state index is 3.79. The minimum atomic E-state index is 0.466. The second-order valence-corrected chi connectivity index (χ2v) is 8.62. The molecule has 1 aliphatic carbocycles. The summed E-state index contributed by atoms with van der Waals surface area (Å²) in [5.74, 6) is 0.882. The van der Waals surface area contributed by atoms with Crippen LogP contribution in [-0.4, -0.2) is 6.04 Å².